The van der Waals surface area contributed by atoms with Gasteiger partial charge in [0.1, 0.15) is 0 Å². The van der Waals surface area contributed by atoms with Gasteiger partial charge in [0.2, 0.25) is 0 Å². The van der Waals surface area contributed by atoms with Crippen LogP contribution in [0.15, 0.2) is 60.7 Å². The first-order valence-corrected chi connectivity index (χ1v) is 6.30. The van der Waals surface area contributed by atoms with E-state index in [9.17, 15) is 4.79 Å². The van der Waals surface area contributed by atoms with Crippen molar-refractivity contribution in [1.82, 2.24) is 0 Å². The minimum atomic E-state index is -0.311. The van der Waals surface area contributed by atoms with Crippen LogP contribution in [0.1, 0.15) is 12.5 Å². The molecule has 0 spiro atoms. The Morgan fingerprint density at radius 3 is 2.26 bits per heavy atom. The van der Waals surface area contributed by atoms with Crippen LogP contribution < -0.4 is 0 Å². The molecule has 0 aliphatic rings. The maximum Gasteiger partial charge on any atom is 0.330 e. The fourth-order valence-electron chi connectivity index (χ4n) is 1.77. The first-order chi connectivity index (χ1) is 9.29. The molecule has 19 heavy (non-hydrogen) atoms. The summed E-state index contributed by atoms with van der Waals surface area (Å²) in [7, 11) is 0. The van der Waals surface area contributed by atoms with Crippen molar-refractivity contribution in [3.05, 3.63) is 66.2 Å². The van der Waals surface area contributed by atoms with Crippen LogP contribution in [0.25, 0.3) is 17.2 Å². The molecule has 0 saturated carbocycles. The Labute approximate surface area is 113 Å². The van der Waals surface area contributed by atoms with Crippen molar-refractivity contribution in [2.24, 2.45) is 0 Å². The van der Waals surface area contributed by atoms with Crippen LogP contribution >= 0.6 is 0 Å². The lowest BCUT2D eigenvalue weighted by Gasteiger charge is -2.01. The molecule has 0 aliphatic carbocycles. The molecule has 96 valence electrons. The monoisotopic (exact) mass is 252 g/mol. The zero-order chi connectivity index (χ0) is 13.5. The van der Waals surface area contributed by atoms with Crippen molar-refractivity contribution in [3.63, 3.8) is 0 Å². The molecule has 2 nitrogen and oxygen atoms in total. The number of ether oxygens (including phenoxy) is 1. The number of hydrogen-bond acceptors (Lipinski definition) is 2. The summed E-state index contributed by atoms with van der Waals surface area (Å²) in [5.41, 5.74) is 3.32. The third-order valence-electron chi connectivity index (χ3n) is 2.72. The zero-order valence-corrected chi connectivity index (χ0v) is 10.9. The van der Waals surface area contributed by atoms with Gasteiger partial charge in [0.15, 0.2) is 0 Å². The Balaban J connectivity index is 2.09. The first kappa shape index (κ1) is 13.1. The molecule has 2 aromatic rings. The molecule has 0 radical (unpaired) electrons. The standard InChI is InChI=1S/C17H16O2/c1-2-19-17(18)13-10-14-8-11-16(12-9-14)15-6-4-3-5-7-15/h3-13H,2H2,1H3/b13-10+. The van der Waals surface area contributed by atoms with Gasteiger partial charge < -0.3 is 4.74 Å². The van der Waals surface area contributed by atoms with E-state index < -0.39 is 0 Å². The molecule has 0 unspecified atom stereocenters. The van der Waals surface area contributed by atoms with Crippen LogP contribution in [0.4, 0.5) is 0 Å². The molecule has 0 atom stereocenters. The van der Waals surface area contributed by atoms with Crippen LogP contribution in [0, 0.1) is 0 Å². The van der Waals surface area contributed by atoms with E-state index in [1.807, 2.05) is 42.5 Å². The van der Waals surface area contributed by atoms with E-state index in [1.54, 1.807) is 13.0 Å². The fourth-order valence-corrected chi connectivity index (χ4v) is 1.77. The van der Waals surface area contributed by atoms with E-state index in [0.29, 0.717) is 6.61 Å². The second kappa shape index (κ2) is 6.55. The number of esters is 1. The zero-order valence-electron chi connectivity index (χ0n) is 10.9. The van der Waals surface area contributed by atoms with Gasteiger partial charge in [0, 0.05) is 6.08 Å². The topological polar surface area (TPSA) is 26.3 Å². The van der Waals surface area contributed by atoms with Crippen molar-refractivity contribution in [2.75, 3.05) is 6.61 Å². The molecule has 0 bridgehead atoms. The lowest BCUT2D eigenvalue weighted by molar-refractivity contribution is -0.137. The second-order valence-electron chi connectivity index (χ2n) is 4.07. The Morgan fingerprint density at radius 1 is 1.00 bits per heavy atom. The Morgan fingerprint density at radius 2 is 1.63 bits per heavy atom. The number of hydrogen-bond donors (Lipinski definition) is 0. The number of carbonyl (C=O) groups excluding carboxylic acids is 1. The Kier molecular flexibility index (Phi) is 4.51. The van der Waals surface area contributed by atoms with Crippen molar-refractivity contribution < 1.29 is 9.53 Å². The summed E-state index contributed by atoms with van der Waals surface area (Å²) >= 11 is 0. The lowest BCUT2D eigenvalue weighted by atomic mass is 10.0. The van der Waals surface area contributed by atoms with Crippen LogP contribution in [-0.2, 0) is 9.53 Å². The lowest BCUT2D eigenvalue weighted by Crippen LogP contribution is -1.98. The highest BCUT2D eigenvalue weighted by Gasteiger charge is 1.97. The van der Waals surface area contributed by atoms with E-state index in [-0.39, 0.29) is 5.97 Å². The molecule has 0 aliphatic heterocycles. The maximum atomic E-state index is 11.2. The summed E-state index contributed by atoms with van der Waals surface area (Å²) in [5.74, 6) is -0.311. The molecular formula is C17H16O2. The molecule has 0 heterocycles. The predicted molar refractivity (Wildman–Crippen MR) is 77.5 cm³/mol. The van der Waals surface area contributed by atoms with Crippen molar-refractivity contribution in [3.8, 4) is 11.1 Å². The highest BCUT2D eigenvalue weighted by Crippen LogP contribution is 2.19. The van der Waals surface area contributed by atoms with Crippen molar-refractivity contribution >= 4 is 12.0 Å². The van der Waals surface area contributed by atoms with Crippen LogP contribution in [0.3, 0.4) is 0 Å². The van der Waals surface area contributed by atoms with Gasteiger partial charge in [-0.15, -0.1) is 0 Å². The van der Waals surface area contributed by atoms with Crippen LogP contribution in [0.5, 0.6) is 0 Å². The van der Waals surface area contributed by atoms with E-state index in [2.05, 4.69) is 12.1 Å². The Hall–Kier alpha value is -2.35. The molecule has 0 saturated heterocycles. The summed E-state index contributed by atoms with van der Waals surface area (Å²) < 4.78 is 4.83. The number of benzene rings is 2. The number of carbonyl (C=O) groups is 1. The quantitative estimate of drug-likeness (QED) is 0.608. The summed E-state index contributed by atoms with van der Waals surface area (Å²) in [5, 5.41) is 0. The highest BCUT2D eigenvalue weighted by molar-refractivity contribution is 5.87. The van der Waals surface area contributed by atoms with Gasteiger partial charge in [-0.05, 0) is 29.7 Å². The average molecular weight is 252 g/mol. The van der Waals surface area contributed by atoms with Crippen molar-refractivity contribution in [2.45, 2.75) is 6.92 Å². The van der Waals surface area contributed by atoms with E-state index >= 15 is 0 Å². The van der Waals surface area contributed by atoms with E-state index in [4.69, 9.17) is 4.74 Å². The molecule has 2 heteroatoms. The van der Waals surface area contributed by atoms with Gasteiger partial charge in [-0.25, -0.2) is 4.79 Å². The molecule has 0 amide bonds. The average Bonchev–Trinajstić information content (AvgIpc) is 2.47. The summed E-state index contributed by atoms with van der Waals surface area (Å²) in [6.07, 6.45) is 3.20. The molecule has 0 N–H and O–H groups in total. The van der Waals surface area contributed by atoms with Crippen LogP contribution in [0.2, 0.25) is 0 Å². The van der Waals surface area contributed by atoms with Gasteiger partial charge in [0.05, 0.1) is 6.61 Å². The van der Waals surface area contributed by atoms with E-state index in [1.165, 1.54) is 11.6 Å². The van der Waals surface area contributed by atoms with Gasteiger partial charge in [-0.1, -0.05) is 54.6 Å². The van der Waals surface area contributed by atoms with E-state index in [0.717, 1.165) is 11.1 Å². The number of rotatable bonds is 4. The minimum absolute atomic E-state index is 0.311. The predicted octanol–water partition coefficient (Wildman–Crippen LogP) is 3.93. The second-order valence-corrected chi connectivity index (χ2v) is 4.07. The molecule has 2 rings (SSSR count). The highest BCUT2D eigenvalue weighted by atomic mass is 16.5. The SMILES string of the molecule is CCOC(=O)/C=C/c1ccc(-c2ccccc2)cc1. The van der Waals surface area contributed by atoms with Gasteiger partial charge in [-0.3, -0.25) is 0 Å². The van der Waals surface area contributed by atoms with Crippen LogP contribution in [-0.4, -0.2) is 12.6 Å². The smallest absolute Gasteiger partial charge is 0.330 e. The molecular weight excluding hydrogens is 236 g/mol. The molecule has 0 fully saturated rings. The minimum Gasteiger partial charge on any atom is -0.463 e. The van der Waals surface area contributed by atoms with Gasteiger partial charge in [0.25, 0.3) is 0 Å². The third-order valence-corrected chi connectivity index (χ3v) is 2.72. The third kappa shape index (κ3) is 3.81. The summed E-state index contributed by atoms with van der Waals surface area (Å²) in [6, 6.07) is 18.2. The Bertz CT molecular complexity index is 554. The summed E-state index contributed by atoms with van der Waals surface area (Å²) in [6.45, 7) is 2.19. The van der Waals surface area contributed by atoms with Gasteiger partial charge >= 0.3 is 5.97 Å². The normalized spacial score (nSPS) is 10.6. The van der Waals surface area contributed by atoms with Crippen molar-refractivity contribution in [1.29, 1.82) is 0 Å². The molecule has 2 aromatic carbocycles. The largest absolute Gasteiger partial charge is 0.463 e. The maximum absolute atomic E-state index is 11.2. The fraction of sp³-hybridized carbons (Fsp3) is 0.118. The molecule has 0 aromatic heterocycles. The summed E-state index contributed by atoms with van der Waals surface area (Å²) in [4.78, 5) is 11.2. The van der Waals surface area contributed by atoms with Gasteiger partial charge in [-0.2, -0.15) is 0 Å². The first-order valence-electron chi connectivity index (χ1n) is 6.30.